The Balaban J connectivity index is 1.38. The minimum atomic E-state index is -2.20. The number of allylic oxidation sites excluding steroid dienone is 2. The number of para-hydroxylation sites is 2. The van der Waals surface area contributed by atoms with Crippen LogP contribution < -0.4 is 10.7 Å². The van der Waals surface area contributed by atoms with Gasteiger partial charge in [0.25, 0.3) is 0 Å². The molecule has 6 nitrogen and oxygen atoms in total. The number of benzene rings is 5. The van der Waals surface area contributed by atoms with Crippen LogP contribution in [0.2, 0.25) is 0 Å². The number of nitrogens with zero attached hydrogens (tertiary/aromatic N) is 6. The molecule has 0 N–H and O–H groups in total. The van der Waals surface area contributed by atoms with E-state index in [0.29, 0.717) is 0 Å². The molecule has 7 heterocycles. The fourth-order valence-electron chi connectivity index (χ4n) is 12.7. The van der Waals surface area contributed by atoms with Gasteiger partial charge in [0.05, 0.1) is 0 Å². The molecule has 3 aromatic heterocycles. The molecule has 0 saturated carbocycles. The predicted molar refractivity (Wildman–Crippen MR) is 380 cm³/mol. The van der Waals surface area contributed by atoms with Gasteiger partial charge in [0.2, 0.25) is 0 Å². The van der Waals surface area contributed by atoms with E-state index in [1.165, 1.54) is 55.6 Å². The van der Waals surface area contributed by atoms with E-state index in [-0.39, 0.29) is 43.3 Å². The third-order valence-electron chi connectivity index (χ3n) is 18.7. The standard InChI is InChI=1S/C82H94N6.Sn/c1-75(2,3)51-35-47(36-52(43-51)76(4,5)6)67-61-29-30-62(83-61)68(48-37-53(77(7,8)9)44-54(38-48)78(10,11)12)64-32-34-66(85-64)70(50-41-57(81(19,20)21)46-58(42-50)82(22,23)24)72-74-73(86-59-27-25-26-28-60(59)87-74)71(88-72)69(65-33-31-63(67)84-65)49-39-55(79(13,14)15)45-56(40-49)80(16,17)18;/h25-46H,1-24H3;/q-2;+2. The van der Waals surface area contributed by atoms with Crippen LogP contribution in [0.1, 0.15) is 256 Å². The van der Waals surface area contributed by atoms with E-state index >= 15 is 0 Å². The first-order valence-electron chi connectivity index (χ1n) is 32.4. The van der Waals surface area contributed by atoms with Gasteiger partial charge in [0.1, 0.15) is 0 Å². The average Bonchev–Trinajstić information content (AvgIpc) is 1.59. The van der Waals surface area contributed by atoms with E-state index in [9.17, 15) is 0 Å². The van der Waals surface area contributed by atoms with Crippen molar-refractivity contribution < 1.29 is 0 Å². The van der Waals surface area contributed by atoms with Gasteiger partial charge in [-0.2, -0.15) is 0 Å². The summed E-state index contributed by atoms with van der Waals surface area (Å²) in [5.74, 6) is 0. The van der Waals surface area contributed by atoms with E-state index in [2.05, 4.69) is 305 Å². The van der Waals surface area contributed by atoms with Crippen molar-refractivity contribution in [3.63, 3.8) is 0 Å². The molecule has 4 aliphatic rings. The van der Waals surface area contributed by atoms with Crippen molar-refractivity contribution in [1.29, 1.82) is 0 Å². The zero-order valence-corrected chi connectivity index (χ0v) is 60.7. The maximum absolute atomic E-state index is 6.25. The summed E-state index contributed by atoms with van der Waals surface area (Å²) >= 11 is -2.20. The Kier molecular flexibility index (Phi) is 14.6. The van der Waals surface area contributed by atoms with Crippen molar-refractivity contribution in [2.24, 2.45) is 9.98 Å². The van der Waals surface area contributed by atoms with Gasteiger partial charge < -0.3 is 0 Å². The summed E-state index contributed by atoms with van der Waals surface area (Å²) in [7, 11) is 0. The van der Waals surface area contributed by atoms with Gasteiger partial charge in [-0.25, -0.2) is 0 Å². The Morgan fingerprint density at radius 1 is 0.315 bits per heavy atom. The monoisotopic (exact) mass is 1280 g/mol. The third kappa shape index (κ3) is 11.4. The molecule has 7 heteroatoms. The molecule has 0 saturated heterocycles. The molecule has 0 amide bonds. The van der Waals surface area contributed by atoms with Crippen molar-refractivity contribution in [3.8, 4) is 0 Å². The van der Waals surface area contributed by atoms with E-state index in [1.54, 1.807) is 0 Å². The summed E-state index contributed by atoms with van der Waals surface area (Å²) in [5, 5.41) is 2.28. The number of rotatable bonds is 4. The number of fused-ring (bicyclic) bond motifs is 6. The molecule has 2 radical (unpaired) electrons. The van der Waals surface area contributed by atoms with Crippen LogP contribution in [0.3, 0.4) is 0 Å². The zero-order valence-electron chi connectivity index (χ0n) is 57.9. The van der Waals surface area contributed by atoms with Crippen molar-refractivity contribution in [1.82, 2.24) is 15.5 Å². The van der Waals surface area contributed by atoms with Crippen LogP contribution in [0.5, 0.6) is 0 Å². The predicted octanol–water partition coefficient (Wildman–Crippen LogP) is 18.5. The van der Waals surface area contributed by atoms with Crippen molar-refractivity contribution in [2.75, 3.05) is 0 Å². The summed E-state index contributed by atoms with van der Waals surface area (Å²) in [6, 6.07) is 47.6. The molecule has 0 fully saturated rings. The Morgan fingerprint density at radius 2 is 0.652 bits per heavy atom. The molecule has 456 valence electrons. The van der Waals surface area contributed by atoms with E-state index in [1.807, 2.05) is 0 Å². The first-order valence-corrected chi connectivity index (χ1v) is 34.9. The van der Waals surface area contributed by atoms with Crippen molar-refractivity contribution >= 4 is 72.1 Å². The molecule has 12 rings (SSSR count). The molecule has 0 aliphatic carbocycles. The van der Waals surface area contributed by atoms with Crippen LogP contribution >= 0.6 is 0 Å². The van der Waals surface area contributed by atoms with Gasteiger partial charge >= 0.3 is 547 Å². The van der Waals surface area contributed by atoms with Crippen LogP contribution in [-0.2, 0) is 43.3 Å². The zero-order chi connectivity index (χ0) is 64.4. The minimum absolute atomic E-state index is 0.128. The second-order valence-corrected chi connectivity index (χ2v) is 37.2. The van der Waals surface area contributed by atoms with Crippen LogP contribution in [0.4, 0.5) is 0 Å². The molecule has 8 aromatic rings. The van der Waals surface area contributed by atoms with E-state index in [4.69, 9.17) is 20.0 Å². The van der Waals surface area contributed by atoms with Crippen LogP contribution in [-0.4, -0.2) is 48.7 Å². The second-order valence-electron chi connectivity index (χ2n) is 34.1. The van der Waals surface area contributed by atoms with Crippen molar-refractivity contribution in [3.05, 3.63) is 239 Å². The van der Waals surface area contributed by atoms with E-state index in [0.717, 1.165) is 101 Å². The average molecular weight is 1280 g/mol. The molecule has 0 atom stereocenters. The quantitative estimate of drug-likeness (QED) is 0.165. The van der Waals surface area contributed by atoms with Crippen LogP contribution in [0.25, 0.3) is 39.0 Å². The van der Waals surface area contributed by atoms with Crippen LogP contribution in [0.15, 0.2) is 149 Å². The fraction of sp³-hybridized carbons (Fsp3) is 0.390. The Labute approximate surface area is 542 Å². The second kappa shape index (κ2) is 20.8. The Morgan fingerprint density at radius 3 is 1.04 bits per heavy atom. The fourth-order valence-corrected chi connectivity index (χ4v) is 16.7. The molecule has 89 heavy (non-hydrogen) atoms. The SMILES string of the molecule is CC(C)(C)c1cc(C2=C3C=CC(=N3)C(c3cc(C(C)(C)C)cc(C(C)(C)C)c3)=c3ccc4[n]3[Sn][n]3c2ccc3C(c2cc(C(C)(C)C)cc(C(C)(C)C)c2)=C2N=C(C=4c3cc(C(C)(C)C)cc(C(C)(C)C)c3)c3nc4ccccc4nc32)cc(C(C)(C)C)c1. The first-order chi connectivity index (χ1) is 41.1. The van der Waals surface area contributed by atoms with Gasteiger partial charge in [-0.05, 0) is 0 Å². The summed E-state index contributed by atoms with van der Waals surface area (Å²) in [6.07, 6.45) is 4.64. The topological polar surface area (TPSA) is 60.4 Å². The Hall–Kier alpha value is -6.90. The summed E-state index contributed by atoms with van der Waals surface area (Å²) < 4.78 is 5.57. The summed E-state index contributed by atoms with van der Waals surface area (Å²) in [6.45, 7) is 56.4. The number of hydrogen-bond acceptors (Lipinski definition) is 4. The van der Waals surface area contributed by atoms with Gasteiger partial charge in [-0.1, -0.05) is 0 Å². The molecule has 0 unspecified atom stereocenters. The maximum atomic E-state index is 6.25. The molecule has 4 aliphatic heterocycles. The molecule has 5 aromatic carbocycles. The molecular formula is C82H94N6Sn. The number of aromatic nitrogens is 4. The molecule has 0 spiro atoms. The normalized spacial score (nSPS) is 15.8. The number of aliphatic imine (C=N–C) groups is 2. The van der Waals surface area contributed by atoms with Crippen LogP contribution in [0, 0.1) is 0 Å². The van der Waals surface area contributed by atoms with Gasteiger partial charge in [-0.3, -0.25) is 0 Å². The summed E-state index contributed by atoms with van der Waals surface area (Å²) in [4.78, 5) is 23.8. The molecule has 6 bridgehead atoms. The van der Waals surface area contributed by atoms with Gasteiger partial charge in [0, 0.05) is 0 Å². The molecular weight excluding hydrogens is 1190 g/mol. The summed E-state index contributed by atoms with van der Waals surface area (Å²) in [5.41, 5.74) is 27.4. The van der Waals surface area contributed by atoms with Gasteiger partial charge in [0.15, 0.2) is 0 Å². The first kappa shape index (κ1) is 62.3. The number of hydrogen-bond donors (Lipinski definition) is 0. The van der Waals surface area contributed by atoms with Gasteiger partial charge in [-0.15, -0.1) is 0 Å². The van der Waals surface area contributed by atoms with E-state index < -0.39 is 21.7 Å². The van der Waals surface area contributed by atoms with Crippen molar-refractivity contribution in [2.45, 2.75) is 209 Å². The Bertz CT molecular complexity index is 4480. The third-order valence-corrected chi connectivity index (χ3v) is 22.6.